The predicted molar refractivity (Wildman–Crippen MR) is 91.5 cm³/mol. The molecule has 124 valence electrons. The Hall–Kier alpha value is -2.25. The summed E-state index contributed by atoms with van der Waals surface area (Å²) in [6.07, 6.45) is 0.306. The SMILES string of the molecule is N=C/N=C(/S)NCC1(c2cccc(F)c2)O[C@@H]1c1ccccc1F. The van der Waals surface area contributed by atoms with Crippen molar-refractivity contribution in [1.82, 2.24) is 5.32 Å². The number of ether oxygens (including phenoxy) is 1. The fraction of sp³-hybridized carbons (Fsp3) is 0.176. The standard InChI is InChI=1S/C17H15F2N3OS/c18-12-5-3-4-11(8-12)17(9-21-16(24)22-10-20)15(23-17)13-6-1-2-7-14(13)19/h1-8,10,15H,9H2,(H3,20,21,22,24)/t15-,17?/m1/s1. The smallest absolute Gasteiger partial charge is 0.159 e. The lowest BCUT2D eigenvalue weighted by atomic mass is 9.91. The first-order chi connectivity index (χ1) is 11.6. The number of amidine groups is 1. The van der Waals surface area contributed by atoms with E-state index in [1.165, 1.54) is 18.2 Å². The molecule has 0 aromatic heterocycles. The van der Waals surface area contributed by atoms with E-state index in [1.54, 1.807) is 30.3 Å². The Kier molecular flexibility index (Phi) is 4.64. The summed E-state index contributed by atoms with van der Waals surface area (Å²) in [5.74, 6) is -0.769. The van der Waals surface area contributed by atoms with Crippen LogP contribution in [-0.2, 0) is 10.3 Å². The fourth-order valence-electron chi connectivity index (χ4n) is 2.70. The highest BCUT2D eigenvalue weighted by atomic mass is 32.1. The molecule has 1 aliphatic heterocycles. The minimum Gasteiger partial charge on any atom is -0.361 e. The molecule has 2 N–H and O–H groups in total. The molecule has 0 aliphatic carbocycles. The molecule has 1 saturated heterocycles. The van der Waals surface area contributed by atoms with Crippen LogP contribution in [0.2, 0.25) is 0 Å². The van der Waals surface area contributed by atoms with Gasteiger partial charge < -0.3 is 10.1 Å². The fourth-order valence-corrected chi connectivity index (χ4v) is 2.84. The number of hydrogen-bond donors (Lipinski definition) is 3. The maximum absolute atomic E-state index is 14.1. The molecule has 0 spiro atoms. The predicted octanol–water partition coefficient (Wildman–Crippen LogP) is 3.41. The van der Waals surface area contributed by atoms with Crippen molar-refractivity contribution in [1.29, 1.82) is 5.41 Å². The van der Waals surface area contributed by atoms with E-state index < -0.39 is 17.5 Å². The number of nitrogens with one attached hydrogen (secondary N) is 2. The molecule has 1 fully saturated rings. The Morgan fingerprint density at radius 3 is 2.79 bits per heavy atom. The molecule has 1 unspecified atom stereocenters. The summed E-state index contributed by atoms with van der Waals surface area (Å²) in [7, 11) is 0. The van der Waals surface area contributed by atoms with Gasteiger partial charge in [-0.1, -0.05) is 30.3 Å². The maximum Gasteiger partial charge on any atom is 0.159 e. The third-order valence-electron chi connectivity index (χ3n) is 3.89. The Morgan fingerprint density at radius 2 is 2.08 bits per heavy atom. The monoisotopic (exact) mass is 347 g/mol. The van der Waals surface area contributed by atoms with Crippen molar-refractivity contribution in [2.45, 2.75) is 11.7 Å². The zero-order valence-electron chi connectivity index (χ0n) is 12.5. The molecule has 4 nitrogen and oxygen atoms in total. The van der Waals surface area contributed by atoms with Crippen LogP contribution in [0.3, 0.4) is 0 Å². The molecule has 0 saturated carbocycles. The Morgan fingerprint density at radius 1 is 1.29 bits per heavy atom. The minimum atomic E-state index is -0.921. The summed E-state index contributed by atoms with van der Waals surface area (Å²) < 4.78 is 33.6. The van der Waals surface area contributed by atoms with E-state index >= 15 is 0 Å². The van der Waals surface area contributed by atoms with E-state index in [2.05, 4.69) is 22.9 Å². The highest BCUT2D eigenvalue weighted by Crippen LogP contribution is 2.57. The second-order valence-corrected chi connectivity index (χ2v) is 5.78. The summed E-state index contributed by atoms with van der Waals surface area (Å²) in [4.78, 5) is 3.69. The van der Waals surface area contributed by atoms with Crippen molar-refractivity contribution >= 4 is 24.1 Å². The van der Waals surface area contributed by atoms with Crippen LogP contribution in [0.15, 0.2) is 53.5 Å². The number of nitrogens with zero attached hydrogens (tertiary/aromatic N) is 1. The van der Waals surface area contributed by atoms with Gasteiger partial charge in [-0.25, -0.2) is 13.8 Å². The van der Waals surface area contributed by atoms with Gasteiger partial charge in [0.25, 0.3) is 0 Å². The van der Waals surface area contributed by atoms with Crippen LogP contribution in [0.4, 0.5) is 8.78 Å². The van der Waals surface area contributed by atoms with Gasteiger partial charge in [0.1, 0.15) is 29.7 Å². The average Bonchev–Trinajstić information content (AvgIpc) is 3.29. The quantitative estimate of drug-likeness (QED) is 0.336. The lowest BCUT2D eigenvalue weighted by Gasteiger charge is -2.15. The van der Waals surface area contributed by atoms with Crippen LogP contribution >= 0.6 is 12.6 Å². The third kappa shape index (κ3) is 3.18. The molecule has 7 heteroatoms. The minimum absolute atomic E-state index is 0.214. The lowest BCUT2D eigenvalue weighted by molar-refractivity contribution is 0.294. The molecule has 3 rings (SSSR count). The number of rotatable bonds is 5. The van der Waals surface area contributed by atoms with E-state index in [9.17, 15) is 8.78 Å². The van der Waals surface area contributed by atoms with Crippen LogP contribution in [0, 0.1) is 17.0 Å². The molecule has 24 heavy (non-hydrogen) atoms. The van der Waals surface area contributed by atoms with E-state index in [1.807, 2.05) is 0 Å². The van der Waals surface area contributed by atoms with Crippen molar-refractivity contribution < 1.29 is 13.5 Å². The molecule has 2 atom stereocenters. The van der Waals surface area contributed by atoms with Gasteiger partial charge >= 0.3 is 0 Å². The van der Waals surface area contributed by atoms with Crippen molar-refractivity contribution in [3.05, 3.63) is 71.3 Å². The number of halogens is 2. The van der Waals surface area contributed by atoms with Crippen LogP contribution in [0.5, 0.6) is 0 Å². The largest absolute Gasteiger partial charge is 0.361 e. The molecule has 0 radical (unpaired) electrons. The van der Waals surface area contributed by atoms with Crippen molar-refractivity contribution in [2.24, 2.45) is 4.99 Å². The van der Waals surface area contributed by atoms with Crippen LogP contribution in [0.25, 0.3) is 0 Å². The van der Waals surface area contributed by atoms with E-state index in [0.29, 0.717) is 11.1 Å². The first kappa shape index (κ1) is 16.6. The number of benzene rings is 2. The lowest BCUT2D eigenvalue weighted by Crippen LogP contribution is -2.31. The van der Waals surface area contributed by atoms with Gasteiger partial charge in [0, 0.05) is 5.56 Å². The zero-order chi connectivity index (χ0) is 17.2. The van der Waals surface area contributed by atoms with Gasteiger partial charge in [-0.3, -0.25) is 5.41 Å². The van der Waals surface area contributed by atoms with E-state index in [0.717, 1.165) is 6.34 Å². The van der Waals surface area contributed by atoms with Crippen LogP contribution < -0.4 is 5.32 Å². The van der Waals surface area contributed by atoms with Gasteiger partial charge in [-0.15, -0.1) is 12.6 Å². The Labute approximate surface area is 143 Å². The first-order valence-corrected chi connectivity index (χ1v) is 7.69. The average molecular weight is 347 g/mol. The molecule has 1 aliphatic rings. The molecular formula is C17H15F2N3OS. The third-order valence-corrected chi connectivity index (χ3v) is 4.16. The van der Waals surface area contributed by atoms with Crippen molar-refractivity contribution in [2.75, 3.05) is 6.54 Å². The van der Waals surface area contributed by atoms with Gasteiger partial charge in [-0.2, -0.15) is 0 Å². The molecule has 0 bridgehead atoms. The normalized spacial score (nSPS) is 23.0. The number of thiol groups is 1. The summed E-state index contributed by atoms with van der Waals surface area (Å²) in [5, 5.41) is 10.1. The summed E-state index contributed by atoms with van der Waals surface area (Å²) in [5.41, 5.74) is 0.0861. The topological polar surface area (TPSA) is 60.8 Å². The molecular weight excluding hydrogens is 332 g/mol. The van der Waals surface area contributed by atoms with Crippen LogP contribution in [0.1, 0.15) is 17.2 Å². The number of hydrogen-bond acceptors (Lipinski definition) is 2. The van der Waals surface area contributed by atoms with Gasteiger partial charge in [-0.05, 0) is 23.8 Å². The highest BCUT2D eigenvalue weighted by molar-refractivity contribution is 7.96. The number of epoxide rings is 1. The summed E-state index contributed by atoms with van der Waals surface area (Å²) in [6, 6.07) is 12.4. The second-order valence-electron chi connectivity index (χ2n) is 5.35. The molecule has 2 aromatic rings. The maximum atomic E-state index is 14.1. The molecule has 0 amide bonds. The second kappa shape index (κ2) is 6.70. The van der Waals surface area contributed by atoms with E-state index in [4.69, 9.17) is 10.1 Å². The Bertz CT molecular complexity index is 799. The zero-order valence-corrected chi connectivity index (χ0v) is 13.4. The summed E-state index contributed by atoms with van der Waals surface area (Å²) >= 11 is 4.10. The molecule has 1 heterocycles. The van der Waals surface area contributed by atoms with Gasteiger partial charge in [0.05, 0.1) is 6.54 Å². The summed E-state index contributed by atoms with van der Waals surface area (Å²) in [6.45, 7) is 0.214. The first-order valence-electron chi connectivity index (χ1n) is 7.25. The Balaban J connectivity index is 1.93. The van der Waals surface area contributed by atoms with E-state index in [-0.39, 0.29) is 17.5 Å². The van der Waals surface area contributed by atoms with Crippen LogP contribution in [-0.4, -0.2) is 18.1 Å². The van der Waals surface area contributed by atoms with Gasteiger partial charge in [0.15, 0.2) is 5.17 Å². The highest BCUT2D eigenvalue weighted by Gasteiger charge is 2.59. The molecule has 2 aromatic carbocycles. The number of aliphatic imine (C=N–C) groups is 1. The van der Waals surface area contributed by atoms with Crippen molar-refractivity contribution in [3.8, 4) is 0 Å². The van der Waals surface area contributed by atoms with Crippen molar-refractivity contribution in [3.63, 3.8) is 0 Å². The van der Waals surface area contributed by atoms with Gasteiger partial charge in [0.2, 0.25) is 0 Å².